The summed E-state index contributed by atoms with van der Waals surface area (Å²) in [5.41, 5.74) is 0.143. The Hall–Kier alpha value is -2.96. The molecule has 2 aliphatic heterocycles. The molecule has 14 heteroatoms. The van der Waals surface area contributed by atoms with E-state index < -0.39 is 35.9 Å². The third kappa shape index (κ3) is 3.95. The maximum absolute atomic E-state index is 13.7. The van der Waals surface area contributed by atoms with Gasteiger partial charge in [-0.3, -0.25) is 9.78 Å². The summed E-state index contributed by atoms with van der Waals surface area (Å²) in [6, 6.07) is 3.34. The molecule has 2 aromatic heterocycles. The van der Waals surface area contributed by atoms with Crippen molar-refractivity contribution in [2.24, 2.45) is 0 Å². The Kier molecular flexibility index (Phi) is 5.61. The predicted octanol–water partition coefficient (Wildman–Crippen LogP) is 4.28. The minimum Gasteiger partial charge on any atom is -0.406 e. The molecule has 3 aromatic rings. The van der Waals surface area contributed by atoms with Crippen molar-refractivity contribution in [2.75, 3.05) is 13.2 Å². The summed E-state index contributed by atoms with van der Waals surface area (Å²) in [7, 11) is 0. The molecule has 2 atom stereocenters. The number of nitrogens with zero attached hydrogens (tertiary/aromatic N) is 5. The topological polar surface area (TPSA) is 82.4 Å². The standard InChI is InChI=1S/C20H13Cl2F4N5O3/c21-15-11(1-2-12(23)16(15)22)19(32)31-9-6-30-17(28-29-18(30)14(31)8-33-7-9)13-5-10(3-4-27-13)34-20(24,25)26/h1-5,9,14H,6-8H2/t9-,14-/m1/s1. The third-order valence-corrected chi connectivity index (χ3v) is 6.34. The van der Waals surface area contributed by atoms with Gasteiger partial charge < -0.3 is 18.9 Å². The minimum atomic E-state index is -4.86. The number of hydrogen-bond acceptors (Lipinski definition) is 6. The summed E-state index contributed by atoms with van der Waals surface area (Å²) in [6.07, 6.45) is -3.69. The molecule has 5 rings (SSSR count). The second-order valence-corrected chi connectivity index (χ2v) is 8.32. The number of pyridine rings is 1. The van der Waals surface area contributed by atoms with E-state index in [1.54, 1.807) is 4.57 Å². The molecular weight excluding hydrogens is 505 g/mol. The second-order valence-electron chi connectivity index (χ2n) is 7.56. The molecule has 0 N–H and O–H groups in total. The fraction of sp³-hybridized carbons (Fsp3) is 0.300. The van der Waals surface area contributed by atoms with Gasteiger partial charge >= 0.3 is 6.36 Å². The Morgan fingerprint density at radius 2 is 1.94 bits per heavy atom. The number of rotatable bonds is 3. The number of carbonyl (C=O) groups is 1. The van der Waals surface area contributed by atoms with Gasteiger partial charge in [-0.05, 0) is 18.2 Å². The number of hydrogen-bond donors (Lipinski definition) is 0. The van der Waals surface area contributed by atoms with Crippen LogP contribution in [-0.4, -0.2) is 56.2 Å². The highest BCUT2D eigenvalue weighted by Gasteiger charge is 2.44. The summed E-state index contributed by atoms with van der Waals surface area (Å²) in [5.74, 6) is -1.12. The Morgan fingerprint density at radius 1 is 1.15 bits per heavy atom. The zero-order valence-corrected chi connectivity index (χ0v) is 18.4. The molecular formula is C20H13Cl2F4N5O3. The van der Waals surface area contributed by atoms with Gasteiger partial charge in [0.25, 0.3) is 5.91 Å². The maximum atomic E-state index is 13.7. The van der Waals surface area contributed by atoms with Crippen LogP contribution in [0.5, 0.6) is 5.75 Å². The smallest absolute Gasteiger partial charge is 0.406 e. The van der Waals surface area contributed by atoms with E-state index in [2.05, 4.69) is 19.9 Å². The minimum absolute atomic E-state index is 0.0248. The van der Waals surface area contributed by atoms with Crippen molar-refractivity contribution in [1.29, 1.82) is 0 Å². The van der Waals surface area contributed by atoms with Crippen LogP contribution >= 0.6 is 23.2 Å². The highest BCUT2D eigenvalue weighted by Crippen LogP contribution is 2.38. The summed E-state index contributed by atoms with van der Waals surface area (Å²) in [4.78, 5) is 19.0. The summed E-state index contributed by atoms with van der Waals surface area (Å²) in [6.45, 7) is 0.451. The van der Waals surface area contributed by atoms with Gasteiger partial charge in [0.15, 0.2) is 11.6 Å². The molecule has 2 bridgehead atoms. The van der Waals surface area contributed by atoms with Crippen LogP contribution in [0.15, 0.2) is 30.5 Å². The molecule has 8 nitrogen and oxygen atoms in total. The number of fused-ring (bicyclic) bond motifs is 4. The molecule has 0 aliphatic carbocycles. The van der Waals surface area contributed by atoms with Crippen LogP contribution in [0.1, 0.15) is 22.2 Å². The number of benzene rings is 1. The Balaban J connectivity index is 1.51. The van der Waals surface area contributed by atoms with E-state index >= 15 is 0 Å². The van der Waals surface area contributed by atoms with Gasteiger partial charge in [-0.25, -0.2) is 4.39 Å². The van der Waals surface area contributed by atoms with Crippen molar-refractivity contribution in [1.82, 2.24) is 24.6 Å². The van der Waals surface area contributed by atoms with Gasteiger partial charge in [0.2, 0.25) is 0 Å². The number of alkyl halides is 3. The predicted molar refractivity (Wildman–Crippen MR) is 110 cm³/mol. The van der Waals surface area contributed by atoms with Gasteiger partial charge in [-0.1, -0.05) is 23.2 Å². The molecule has 1 fully saturated rings. The molecule has 4 heterocycles. The first-order chi connectivity index (χ1) is 16.1. The molecule has 0 spiro atoms. The summed E-state index contributed by atoms with van der Waals surface area (Å²) < 4.78 is 62.8. The quantitative estimate of drug-likeness (QED) is 0.381. The van der Waals surface area contributed by atoms with E-state index in [1.165, 1.54) is 17.2 Å². The van der Waals surface area contributed by atoms with Crippen molar-refractivity contribution in [3.8, 4) is 17.3 Å². The molecule has 178 valence electrons. The number of halogens is 6. The van der Waals surface area contributed by atoms with Crippen LogP contribution in [0.25, 0.3) is 11.5 Å². The number of aromatic nitrogens is 4. The number of morpholine rings is 1. The first-order valence-electron chi connectivity index (χ1n) is 9.83. The van der Waals surface area contributed by atoms with Crippen LogP contribution in [0.4, 0.5) is 17.6 Å². The lowest BCUT2D eigenvalue weighted by molar-refractivity contribution is -0.274. The van der Waals surface area contributed by atoms with Crippen molar-refractivity contribution in [3.63, 3.8) is 0 Å². The van der Waals surface area contributed by atoms with Crippen molar-refractivity contribution < 1.29 is 31.8 Å². The van der Waals surface area contributed by atoms with E-state index in [-0.39, 0.29) is 46.9 Å². The van der Waals surface area contributed by atoms with Gasteiger partial charge in [0.05, 0.1) is 34.9 Å². The zero-order valence-electron chi connectivity index (χ0n) is 16.9. The molecule has 0 saturated carbocycles. The first kappa shape index (κ1) is 22.8. The monoisotopic (exact) mass is 517 g/mol. The zero-order chi connectivity index (χ0) is 24.2. The van der Waals surface area contributed by atoms with E-state index in [0.29, 0.717) is 5.82 Å². The van der Waals surface area contributed by atoms with Crippen LogP contribution in [0.3, 0.4) is 0 Å². The maximum Gasteiger partial charge on any atom is 0.573 e. The van der Waals surface area contributed by atoms with Gasteiger partial charge in [0, 0.05) is 18.8 Å². The lowest BCUT2D eigenvalue weighted by Gasteiger charge is -2.45. The third-order valence-electron chi connectivity index (χ3n) is 5.48. The van der Waals surface area contributed by atoms with E-state index in [9.17, 15) is 22.4 Å². The molecule has 1 amide bonds. The highest BCUT2D eigenvalue weighted by atomic mass is 35.5. The van der Waals surface area contributed by atoms with Gasteiger partial charge in [0.1, 0.15) is 23.3 Å². The Labute approximate surface area is 199 Å². The molecule has 1 aromatic carbocycles. The lowest BCUT2D eigenvalue weighted by Crippen LogP contribution is -2.56. The molecule has 34 heavy (non-hydrogen) atoms. The second kappa shape index (κ2) is 8.36. The largest absolute Gasteiger partial charge is 0.573 e. The fourth-order valence-corrected chi connectivity index (χ4v) is 4.48. The van der Waals surface area contributed by atoms with Crippen LogP contribution < -0.4 is 4.74 Å². The summed E-state index contributed by atoms with van der Waals surface area (Å²) >= 11 is 12.0. The lowest BCUT2D eigenvalue weighted by atomic mass is 10.0. The number of carbonyl (C=O) groups excluding carboxylic acids is 1. The Morgan fingerprint density at radius 3 is 2.71 bits per heavy atom. The van der Waals surface area contributed by atoms with Crippen molar-refractivity contribution in [3.05, 3.63) is 57.7 Å². The van der Waals surface area contributed by atoms with E-state index in [0.717, 1.165) is 18.2 Å². The van der Waals surface area contributed by atoms with Crippen LogP contribution in [0.2, 0.25) is 10.0 Å². The SMILES string of the molecule is O=C(c1ccc(F)c(Cl)c1Cl)N1[C@H]2COC[C@@H]1c1nnc(-c3cc(OC(F)(F)F)ccn3)n1C2. The average Bonchev–Trinajstić information content (AvgIpc) is 3.19. The normalized spacial score (nSPS) is 19.6. The van der Waals surface area contributed by atoms with Gasteiger partial charge in [-0.15, -0.1) is 23.4 Å². The molecule has 0 unspecified atom stereocenters. The van der Waals surface area contributed by atoms with Gasteiger partial charge in [-0.2, -0.15) is 0 Å². The first-order valence-corrected chi connectivity index (χ1v) is 10.6. The van der Waals surface area contributed by atoms with Crippen LogP contribution in [0, 0.1) is 5.82 Å². The van der Waals surface area contributed by atoms with Crippen molar-refractivity contribution >= 4 is 29.1 Å². The molecule has 0 radical (unpaired) electrons. The van der Waals surface area contributed by atoms with Crippen molar-refractivity contribution in [2.45, 2.75) is 25.0 Å². The van der Waals surface area contributed by atoms with Crippen LogP contribution in [-0.2, 0) is 11.3 Å². The fourth-order valence-electron chi connectivity index (χ4n) is 4.08. The van der Waals surface area contributed by atoms with E-state index in [4.69, 9.17) is 27.9 Å². The summed E-state index contributed by atoms with van der Waals surface area (Å²) in [5, 5.41) is 7.69. The average molecular weight is 518 g/mol. The van der Waals surface area contributed by atoms with E-state index in [1.807, 2.05) is 0 Å². The molecule has 2 aliphatic rings. The highest BCUT2D eigenvalue weighted by molar-refractivity contribution is 6.44. The number of amides is 1. The molecule has 1 saturated heterocycles. The number of ether oxygens (including phenoxy) is 2. The Bertz CT molecular complexity index is 1290.